The molecule has 0 atom stereocenters. The quantitative estimate of drug-likeness (QED) is 0.517. The Balaban J connectivity index is 1.77. The fourth-order valence-electron chi connectivity index (χ4n) is 2.30. The van der Waals surface area contributed by atoms with E-state index >= 15 is 0 Å². The topological polar surface area (TPSA) is 47.6 Å². The predicted molar refractivity (Wildman–Crippen MR) is 99.9 cm³/mol. The smallest absolute Gasteiger partial charge is 0.340 e. The van der Waals surface area contributed by atoms with Gasteiger partial charge in [0.2, 0.25) is 0 Å². The summed E-state index contributed by atoms with van der Waals surface area (Å²) in [5, 5.41) is 3.29. The minimum absolute atomic E-state index is 0.346. The van der Waals surface area contributed by atoms with E-state index in [1.54, 1.807) is 6.07 Å². The molecule has 5 heteroatoms. The van der Waals surface area contributed by atoms with Crippen molar-refractivity contribution in [2.45, 2.75) is 19.8 Å². The number of methoxy groups -OCH3 is 1. The largest absolute Gasteiger partial charge is 0.493 e. The van der Waals surface area contributed by atoms with Crippen LogP contribution in [0.15, 0.2) is 46.9 Å². The van der Waals surface area contributed by atoms with E-state index in [2.05, 4.69) is 21.2 Å². The maximum atomic E-state index is 11.8. The summed E-state index contributed by atoms with van der Waals surface area (Å²) < 4.78 is 11.4. The number of aryl methyl sites for hydroxylation is 1. The molecule has 0 aliphatic rings. The number of anilines is 1. The van der Waals surface area contributed by atoms with Crippen molar-refractivity contribution in [1.82, 2.24) is 0 Å². The fourth-order valence-corrected chi connectivity index (χ4v) is 2.66. The molecule has 0 aliphatic heterocycles. The van der Waals surface area contributed by atoms with Gasteiger partial charge >= 0.3 is 5.97 Å². The Hall–Kier alpha value is -2.01. The standard InChI is InChI=1S/C19H22BrNO3/c1-14-7-3-4-8-18(14)24-12-6-5-11-21-17-10-9-15(20)13-16(17)19(22)23-2/h3-4,7-10,13,21H,5-6,11-12H2,1-2H3. The van der Waals surface area contributed by atoms with Crippen LogP contribution in [0.2, 0.25) is 0 Å². The molecule has 0 bridgehead atoms. The number of hydrogen-bond donors (Lipinski definition) is 1. The van der Waals surface area contributed by atoms with E-state index in [4.69, 9.17) is 9.47 Å². The molecule has 4 nitrogen and oxygen atoms in total. The lowest BCUT2D eigenvalue weighted by atomic mass is 10.1. The van der Waals surface area contributed by atoms with Gasteiger partial charge in [-0.2, -0.15) is 0 Å². The van der Waals surface area contributed by atoms with Crippen molar-refractivity contribution in [3.05, 3.63) is 58.1 Å². The van der Waals surface area contributed by atoms with Crippen LogP contribution in [0.5, 0.6) is 5.75 Å². The van der Waals surface area contributed by atoms with Crippen LogP contribution in [0.1, 0.15) is 28.8 Å². The van der Waals surface area contributed by atoms with Crippen molar-refractivity contribution in [2.24, 2.45) is 0 Å². The first-order valence-corrected chi connectivity index (χ1v) is 8.71. The van der Waals surface area contributed by atoms with E-state index < -0.39 is 0 Å². The van der Waals surface area contributed by atoms with Gasteiger partial charge in [-0.05, 0) is 49.6 Å². The number of unbranched alkanes of at least 4 members (excludes halogenated alkanes) is 1. The lowest BCUT2D eigenvalue weighted by Crippen LogP contribution is -2.10. The van der Waals surface area contributed by atoms with Crippen LogP contribution in [-0.4, -0.2) is 26.2 Å². The van der Waals surface area contributed by atoms with Gasteiger partial charge in [0.15, 0.2) is 0 Å². The van der Waals surface area contributed by atoms with Crippen molar-refractivity contribution in [1.29, 1.82) is 0 Å². The number of ether oxygens (including phenoxy) is 2. The minimum Gasteiger partial charge on any atom is -0.493 e. The van der Waals surface area contributed by atoms with Gasteiger partial charge in [0.25, 0.3) is 0 Å². The Morgan fingerprint density at radius 2 is 1.96 bits per heavy atom. The number of rotatable bonds is 8. The Morgan fingerprint density at radius 1 is 1.17 bits per heavy atom. The molecule has 0 unspecified atom stereocenters. The highest BCUT2D eigenvalue weighted by molar-refractivity contribution is 9.10. The van der Waals surface area contributed by atoms with Crippen molar-refractivity contribution >= 4 is 27.6 Å². The Morgan fingerprint density at radius 3 is 2.71 bits per heavy atom. The molecule has 0 aliphatic carbocycles. The van der Waals surface area contributed by atoms with Crippen molar-refractivity contribution < 1.29 is 14.3 Å². The first-order valence-electron chi connectivity index (χ1n) is 7.92. The van der Waals surface area contributed by atoms with E-state index in [0.717, 1.165) is 40.9 Å². The van der Waals surface area contributed by atoms with E-state index in [1.807, 2.05) is 43.3 Å². The average molecular weight is 392 g/mol. The summed E-state index contributed by atoms with van der Waals surface area (Å²) in [6.07, 6.45) is 1.88. The number of carbonyl (C=O) groups is 1. The van der Waals surface area contributed by atoms with Crippen LogP contribution in [0.4, 0.5) is 5.69 Å². The van der Waals surface area contributed by atoms with Crippen LogP contribution in [0, 0.1) is 6.92 Å². The number of benzene rings is 2. The average Bonchev–Trinajstić information content (AvgIpc) is 2.59. The zero-order valence-electron chi connectivity index (χ0n) is 14.0. The van der Waals surface area contributed by atoms with Gasteiger partial charge in [-0.25, -0.2) is 4.79 Å². The van der Waals surface area contributed by atoms with E-state index in [1.165, 1.54) is 7.11 Å². The lowest BCUT2D eigenvalue weighted by Gasteiger charge is -2.12. The minimum atomic E-state index is -0.346. The lowest BCUT2D eigenvalue weighted by molar-refractivity contribution is 0.0601. The van der Waals surface area contributed by atoms with Crippen LogP contribution in [0.3, 0.4) is 0 Å². The molecule has 0 spiro atoms. The Labute approximate surface area is 151 Å². The number of hydrogen-bond acceptors (Lipinski definition) is 4. The number of halogens is 1. The summed E-state index contributed by atoms with van der Waals surface area (Å²) in [4.78, 5) is 11.8. The predicted octanol–water partition coefficient (Wildman–Crippen LogP) is 4.82. The van der Waals surface area contributed by atoms with Crippen LogP contribution < -0.4 is 10.1 Å². The number of esters is 1. The molecule has 2 aromatic carbocycles. The van der Waals surface area contributed by atoms with Gasteiger partial charge in [-0.3, -0.25) is 0 Å². The molecule has 0 radical (unpaired) electrons. The second-order valence-corrected chi connectivity index (χ2v) is 6.35. The zero-order chi connectivity index (χ0) is 17.4. The molecule has 0 saturated carbocycles. The Bertz CT molecular complexity index is 688. The van der Waals surface area contributed by atoms with E-state index in [-0.39, 0.29) is 5.97 Å². The highest BCUT2D eigenvalue weighted by Crippen LogP contribution is 2.22. The highest BCUT2D eigenvalue weighted by Gasteiger charge is 2.11. The van der Waals surface area contributed by atoms with Crippen LogP contribution in [0.25, 0.3) is 0 Å². The van der Waals surface area contributed by atoms with Crippen LogP contribution >= 0.6 is 15.9 Å². The molecule has 0 aromatic heterocycles. The molecular weight excluding hydrogens is 370 g/mol. The van der Waals surface area contributed by atoms with E-state index in [9.17, 15) is 4.79 Å². The maximum absolute atomic E-state index is 11.8. The molecule has 128 valence electrons. The molecule has 2 aromatic rings. The molecule has 0 heterocycles. The number of nitrogens with one attached hydrogen (secondary N) is 1. The molecule has 0 amide bonds. The van der Waals surface area contributed by atoms with Crippen molar-refractivity contribution in [3.63, 3.8) is 0 Å². The third-order valence-electron chi connectivity index (χ3n) is 3.62. The zero-order valence-corrected chi connectivity index (χ0v) is 15.6. The second kappa shape index (κ2) is 9.33. The second-order valence-electron chi connectivity index (χ2n) is 5.43. The summed E-state index contributed by atoms with van der Waals surface area (Å²) >= 11 is 3.37. The molecule has 0 saturated heterocycles. The first-order chi connectivity index (χ1) is 11.6. The molecular formula is C19H22BrNO3. The summed E-state index contributed by atoms with van der Waals surface area (Å²) in [7, 11) is 1.38. The van der Waals surface area contributed by atoms with Gasteiger partial charge < -0.3 is 14.8 Å². The molecule has 24 heavy (non-hydrogen) atoms. The number of para-hydroxylation sites is 1. The number of carbonyl (C=O) groups excluding carboxylic acids is 1. The maximum Gasteiger partial charge on any atom is 0.340 e. The van der Waals surface area contributed by atoms with E-state index in [0.29, 0.717) is 12.2 Å². The fraction of sp³-hybridized carbons (Fsp3) is 0.316. The third kappa shape index (κ3) is 5.27. The summed E-state index contributed by atoms with van der Waals surface area (Å²) in [5.41, 5.74) is 2.46. The highest BCUT2D eigenvalue weighted by atomic mass is 79.9. The summed E-state index contributed by atoms with van der Waals surface area (Å²) in [6, 6.07) is 13.5. The molecule has 1 N–H and O–H groups in total. The van der Waals surface area contributed by atoms with Crippen molar-refractivity contribution in [2.75, 3.05) is 25.6 Å². The SMILES string of the molecule is COC(=O)c1cc(Br)ccc1NCCCCOc1ccccc1C. The van der Waals surface area contributed by atoms with Gasteiger partial charge in [0.1, 0.15) is 5.75 Å². The first kappa shape index (κ1) is 18.3. The molecule has 0 fully saturated rings. The normalized spacial score (nSPS) is 10.3. The third-order valence-corrected chi connectivity index (χ3v) is 4.12. The van der Waals surface area contributed by atoms with Gasteiger partial charge in [-0.15, -0.1) is 0 Å². The summed E-state index contributed by atoms with van der Waals surface area (Å²) in [6.45, 7) is 3.48. The van der Waals surface area contributed by atoms with Crippen LogP contribution in [-0.2, 0) is 4.74 Å². The monoisotopic (exact) mass is 391 g/mol. The Kier molecular flexibility index (Phi) is 7.12. The van der Waals surface area contributed by atoms with Gasteiger partial charge in [-0.1, -0.05) is 34.1 Å². The summed E-state index contributed by atoms with van der Waals surface area (Å²) in [5.74, 6) is 0.591. The van der Waals surface area contributed by atoms with Gasteiger partial charge in [0, 0.05) is 16.7 Å². The molecule has 2 rings (SSSR count). The van der Waals surface area contributed by atoms with Gasteiger partial charge in [0.05, 0.1) is 19.3 Å². The van der Waals surface area contributed by atoms with Crippen molar-refractivity contribution in [3.8, 4) is 5.75 Å².